The Morgan fingerprint density at radius 3 is 2.27 bits per heavy atom. The number of phenols is 1. The molecule has 0 saturated carbocycles. The Kier molecular flexibility index (Phi) is 3.29. The highest BCUT2D eigenvalue weighted by Gasteiger charge is 2.07. The van der Waals surface area contributed by atoms with Crippen molar-refractivity contribution in [2.75, 3.05) is 0 Å². The minimum atomic E-state index is -1.00. The standard InChI is InChI=1S/C12H12O3/c1-8(2)11(12(14)15)7-9-3-5-10(13)6-4-9/h3-7,13H,1H2,2H3,(H,14,15)/b11-7-. The molecule has 0 aliphatic heterocycles. The van der Waals surface area contributed by atoms with Crippen LogP contribution in [0.2, 0.25) is 0 Å². The van der Waals surface area contributed by atoms with Crippen LogP contribution in [-0.2, 0) is 4.79 Å². The molecule has 2 N–H and O–H groups in total. The van der Waals surface area contributed by atoms with E-state index in [1.54, 1.807) is 19.1 Å². The Labute approximate surface area is 88.0 Å². The third-order valence-corrected chi connectivity index (χ3v) is 1.89. The topological polar surface area (TPSA) is 57.5 Å². The van der Waals surface area contributed by atoms with Crippen molar-refractivity contribution in [1.29, 1.82) is 0 Å². The zero-order chi connectivity index (χ0) is 11.4. The molecule has 0 amide bonds. The van der Waals surface area contributed by atoms with Crippen LogP contribution in [0.3, 0.4) is 0 Å². The van der Waals surface area contributed by atoms with E-state index >= 15 is 0 Å². The van der Waals surface area contributed by atoms with Gasteiger partial charge in [-0.1, -0.05) is 18.7 Å². The van der Waals surface area contributed by atoms with Crippen LogP contribution in [0.25, 0.3) is 6.08 Å². The SMILES string of the molecule is C=C(C)/C(=C/c1ccc(O)cc1)C(=O)O. The molecule has 0 spiro atoms. The first-order valence-corrected chi connectivity index (χ1v) is 4.40. The molecule has 0 radical (unpaired) electrons. The number of hydrogen-bond donors (Lipinski definition) is 2. The number of carboxylic acids is 1. The van der Waals surface area contributed by atoms with Gasteiger partial charge in [-0.05, 0) is 36.3 Å². The summed E-state index contributed by atoms with van der Waals surface area (Å²) >= 11 is 0. The summed E-state index contributed by atoms with van der Waals surface area (Å²) in [7, 11) is 0. The molecule has 0 bridgehead atoms. The maximum absolute atomic E-state index is 10.8. The smallest absolute Gasteiger partial charge is 0.335 e. The number of benzene rings is 1. The van der Waals surface area contributed by atoms with Crippen LogP contribution in [0.15, 0.2) is 42.0 Å². The van der Waals surface area contributed by atoms with E-state index in [4.69, 9.17) is 10.2 Å². The van der Waals surface area contributed by atoms with Crippen LogP contribution in [0.4, 0.5) is 0 Å². The number of phenolic OH excluding ortho intramolecular Hbond substituents is 1. The average Bonchev–Trinajstić information content (AvgIpc) is 2.15. The molecule has 1 aromatic carbocycles. The number of hydrogen-bond acceptors (Lipinski definition) is 2. The molecule has 0 aliphatic rings. The quantitative estimate of drug-likeness (QED) is 0.587. The van der Waals surface area contributed by atoms with Gasteiger partial charge in [0, 0.05) is 0 Å². The summed E-state index contributed by atoms with van der Waals surface area (Å²) in [5, 5.41) is 17.9. The highest BCUT2D eigenvalue weighted by Crippen LogP contribution is 2.16. The van der Waals surface area contributed by atoms with E-state index < -0.39 is 5.97 Å². The zero-order valence-electron chi connectivity index (χ0n) is 8.40. The predicted octanol–water partition coefficient (Wildman–Crippen LogP) is 2.44. The molecule has 0 unspecified atom stereocenters. The van der Waals surface area contributed by atoms with Gasteiger partial charge < -0.3 is 10.2 Å². The van der Waals surface area contributed by atoms with Gasteiger partial charge in [-0.2, -0.15) is 0 Å². The van der Waals surface area contributed by atoms with Gasteiger partial charge in [0.2, 0.25) is 0 Å². The van der Waals surface area contributed by atoms with Crippen molar-refractivity contribution in [1.82, 2.24) is 0 Å². The molecule has 78 valence electrons. The van der Waals surface area contributed by atoms with Crippen molar-refractivity contribution in [3.8, 4) is 5.75 Å². The van der Waals surface area contributed by atoms with Crippen LogP contribution < -0.4 is 0 Å². The van der Waals surface area contributed by atoms with Crippen molar-refractivity contribution in [3.63, 3.8) is 0 Å². The summed E-state index contributed by atoms with van der Waals surface area (Å²) in [4.78, 5) is 10.8. The molecule has 0 fully saturated rings. The van der Waals surface area contributed by atoms with Gasteiger partial charge in [0.05, 0.1) is 5.57 Å². The second-order valence-electron chi connectivity index (χ2n) is 3.24. The van der Waals surface area contributed by atoms with Crippen LogP contribution in [0, 0.1) is 0 Å². The van der Waals surface area contributed by atoms with Crippen LogP contribution in [-0.4, -0.2) is 16.2 Å². The summed E-state index contributed by atoms with van der Waals surface area (Å²) in [6, 6.07) is 6.29. The molecule has 3 heteroatoms. The van der Waals surface area contributed by atoms with E-state index in [2.05, 4.69) is 6.58 Å². The van der Waals surface area contributed by atoms with Gasteiger partial charge in [-0.3, -0.25) is 0 Å². The second-order valence-corrected chi connectivity index (χ2v) is 3.24. The summed E-state index contributed by atoms with van der Waals surface area (Å²) < 4.78 is 0. The molecule has 3 nitrogen and oxygen atoms in total. The van der Waals surface area contributed by atoms with Crippen molar-refractivity contribution < 1.29 is 15.0 Å². The van der Waals surface area contributed by atoms with Crippen molar-refractivity contribution >= 4 is 12.0 Å². The van der Waals surface area contributed by atoms with Gasteiger partial charge in [0.1, 0.15) is 5.75 Å². The molecule has 0 heterocycles. The van der Waals surface area contributed by atoms with Crippen molar-refractivity contribution in [3.05, 3.63) is 47.6 Å². The van der Waals surface area contributed by atoms with Crippen LogP contribution >= 0.6 is 0 Å². The fourth-order valence-electron chi connectivity index (χ4n) is 1.10. The van der Waals surface area contributed by atoms with Crippen LogP contribution in [0.5, 0.6) is 5.75 Å². The molecule has 15 heavy (non-hydrogen) atoms. The number of carboxylic acid groups (broad SMARTS) is 1. The Morgan fingerprint density at radius 2 is 1.87 bits per heavy atom. The molecule has 1 aromatic rings. The van der Waals surface area contributed by atoms with E-state index in [1.807, 2.05) is 0 Å². The Hall–Kier alpha value is -2.03. The predicted molar refractivity (Wildman–Crippen MR) is 58.5 cm³/mol. The number of aromatic hydroxyl groups is 1. The summed E-state index contributed by atoms with van der Waals surface area (Å²) in [6.07, 6.45) is 1.52. The Balaban J connectivity index is 3.08. The normalized spacial score (nSPS) is 11.1. The molecule has 1 rings (SSSR count). The third-order valence-electron chi connectivity index (χ3n) is 1.89. The van der Waals surface area contributed by atoms with Gasteiger partial charge in [0.15, 0.2) is 0 Å². The molecular formula is C12H12O3. The average molecular weight is 204 g/mol. The van der Waals surface area contributed by atoms with Gasteiger partial charge >= 0.3 is 5.97 Å². The molecule has 0 saturated heterocycles. The lowest BCUT2D eigenvalue weighted by atomic mass is 10.1. The number of rotatable bonds is 3. The first kappa shape index (κ1) is 11.0. The van der Waals surface area contributed by atoms with Crippen molar-refractivity contribution in [2.45, 2.75) is 6.92 Å². The zero-order valence-corrected chi connectivity index (χ0v) is 8.40. The third kappa shape index (κ3) is 2.98. The van der Waals surface area contributed by atoms with E-state index in [1.165, 1.54) is 18.2 Å². The lowest BCUT2D eigenvalue weighted by molar-refractivity contribution is -0.132. The summed E-state index contributed by atoms with van der Waals surface area (Å²) in [5.74, 6) is -0.852. The number of carbonyl (C=O) groups is 1. The fraction of sp³-hybridized carbons (Fsp3) is 0.0833. The summed E-state index contributed by atoms with van der Waals surface area (Å²) in [5.41, 5.74) is 1.38. The lowest BCUT2D eigenvalue weighted by Crippen LogP contribution is -2.00. The van der Waals surface area contributed by atoms with E-state index in [-0.39, 0.29) is 11.3 Å². The first-order valence-electron chi connectivity index (χ1n) is 4.40. The monoisotopic (exact) mass is 204 g/mol. The minimum absolute atomic E-state index is 0.152. The van der Waals surface area contributed by atoms with Crippen LogP contribution in [0.1, 0.15) is 12.5 Å². The minimum Gasteiger partial charge on any atom is -0.508 e. The van der Waals surface area contributed by atoms with E-state index in [9.17, 15) is 4.79 Å². The first-order chi connectivity index (χ1) is 7.00. The lowest BCUT2D eigenvalue weighted by Gasteiger charge is -2.01. The van der Waals surface area contributed by atoms with Gasteiger partial charge in [0.25, 0.3) is 0 Å². The Bertz CT molecular complexity index is 397. The molecule has 0 aromatic heterocycles. The van der Waals surface area contributed by atoms with E-state index in [0.29, 0.717) is 11.1 Å². The second kappa shape index (κ2) is 4.46. The van der Waals surface area contributed by atoms with Gasteiger partial charge in [-0.25, -0.2) is 4.79 Å². The Morgan fingerprint density at radius 1 is 1.33 bits per heavy atom. The molecular weight excluding hydrogens is 192 g/mol. The highest BCUT2D eigenvalue weighted by atomic mass is 16.4. The van der Waals surface area contributed by atoms with E-state index in [0.717, 1.165) is 0 Å². The maximum atomic E-state index is 10.8. The molecule has 0 aliphatic carbocycles. The highest BCUT2D eigenvalue weighted by molar-refractivity contribution is 5.96. The largest absolute Gasteiger partial charge is 0.508 e. The van der Waals surface area contributed by atoms with Gasteiger partial charge in [-0.15, -0.1) is 0 Å². The summed E-state index contributed by atoms with van der Waals surface area (Å²) in [6.45, 7) is 5.23. The molecule has 0 atom stereocenters. The number of aliphatic carboxylic acids is 1. The van der Waals surface area contributed by atoms with Crippen molar-refractivity contribution in [2.24, 2.45) is 0 Å². The maximum Gasteiger partial charge on any atom is 0.335 e. The fourth-order valence-corrected chi connectivity index (χ4v) is 1.10.